The van der Waals surface area contributed by atoms with E-state index in [-0.39, 0.29) is 9.20 Å². The number of halogens is 5. The van der Waals surface area contributed by atoms with Crippen molar-refractivity contribution in [1.29, 1.82) is 0 Å². The van der Waals surface area contributed by atoms with E-state index in [4.69, 9.17) is 44.1 Å². The van der Waals surface area contributed by atoms with Gasteiger partial charge < -0.3 is 0 Å². The van der Waals surface area contributed by atoms with Crippen molar-refractivity contribution in [3.05, 3.63) is 34.4 Å². The minimum atomic E-state index is -5.77. The van der Waals surface area contributed by atoms with E-state index < -0.39 is 15.2 Å². The number of nitro groups is 1. The summed E-state index contributed by atoms with van der Waals surface area (Å²) in [5, 5.41) is 10.4. The molecule has 1 aromatic rings. The molecule has 1 aromatic carbocycles. The van der Waals surface area contributed by atoms with Crippen LogP contribution in [0.3, 0.4) is 0 Å². The zero-order valence-corrected chi connectivity index (χ0v) is 13.2. The number of nitrogens with zero attached hydrogens (tertiary/aromatic N) is 1. The van der Waals surface area contributed by atoms with Crippen LogP contribution in [0, 0.1) is 10.1 Å². The average Bonchev–Trinajstić information content (AvgIpc) is 2.00. The van der Waals surface area contributed by atoms with Crippen molar-refractivity contribution in [2.75, 3.05) is 0 Å². The Bertz CT molecular complexity index is 411. The van der Waals surface area contributed by atoms with Crippen molar-refractivity contribution >= 4 is 63.6 Å². The van der Waals surface area contributed by atoms with Crippen LogP contribution in [0.15, 0.2) is 24.3 Å². The second-order valence-electron chi connectivity index (χ2n) is 2.83. The molecular weight excluding hydrogens is 417 g/mol. The van der Waals surface area contributed by atoms with Gasteiger partial charge in [0.2, 0.25) is 0 Å². The Kier molecular flexibility index (Phi) is 3.20. The van der Waals surface area contributed by atoms with Crippen molar-refractivity contribution in [3.8, 4) is 0 Å². The fourth-order valence-electron chi connectivity index (χ4n) is 0.856. The van der Waals surface area contributed by atoms with E-state index in [1.54, 1.807) is 0 Å². The van der Waals surface area contributed by atoms with Crippen molar-refractivity contribution in [3.63, 3.8) is 0 Å². The van der Waals surface area contributed by atoms with E-state index in [0.717, 1.165) is 0 Å². The number of benzene rings is 1. The van der Waals surface area contributed by atoms with E-state index >= 15 is 0 Å². The number of nitro benzene ring substituents is 1. The normalized spacial score (nSPS) is 16.6. The van der Waals surface area contributed by atoms with Gasteiger partial charge in [-0.15, -0.1) is 0 Å². The predicted molar refractivity (Wildman–Crippen MR) is 67.7 cm³/mol. The first kappa shape index (κ1) is 14.0. The van der Waals surface area contributed by atoms with Gasteiger partial charge in [-0.05, 0) is 0 Å². The van der Waals surface area contributed by atoms with Crippen molar-refractivity contribution in [2.24, 2.45) is 0 Å². The number of hydrogen-bond donors (Lipinski definition) is 0. The first-order valence-corrected chi connectivity index (χ1v) is 20.9. The molecule has 0 unspecified atom stereocenters. The Morgan fingerprint density at radius 2 is 1.40 bits per heavy atom. The summed E-state index contributed by atoms with van der Waals surface area (Å²) >= 11 is 0. The standard InChI is InChI=1S/C6H4NO2.5ClH.Sb/c8-7(9)6-4-2-1-3-5-6;;;;;;/h2-5H;5*1H;/q;;;;;;+4/p-5. The van der Waals surface area contributed by atoms with Gasteiger partial charge >= 0.3 is 103 Å². The third kappa shape index (κ3) is 3.99. The SMILES string of the molecule is O=[N+]([O-])c1cc[c]([Sb-]([Cl])([Cl])([Cl])([Cl])[Cl])cc1. The average molecular weight is 421 g/mol. The summed E-state index contributed by atoms with van der Waals surface area (Å²) in [6.45, 7) is 0. The molecule has 0 aliphatic heterocycles. The Balaban J connectivity index is 3.29. The van der Waals surface area contributed by atoms with E-state index in [0.29, 0.717) is 0 Å². The van der Waals surface area contributed by atoms with E-state index in [1.165, 1.54) is 24.3 Å². The fourth-order valence-corrected chi connectivity index (χ4v) is 6.67. The maximum absolute atomic E-state index is 10.4. The molecule has 0 saturated heterocycles. The zero-order valence-electron chi connectivity index (χ0n) is 6.91. The topological polar surface area (TPSA) is 43.1 Å². The summed E-state index contributed by atoms with van der Waals surface area (Å²) in [5.41, 5.74) is -0.127. The van der Waals surface area contributed by atoms with Crippen LogP contribution >= 0.6 is 44.1 Å². The van der Waals surface area contributed by atoms with Crippen molar-refractivity contribution in [2.45, 2.75) is 0 Å². The Morgan fingerprint density at radius 3 is 1.67 bits per heavy atom. The summed E-state index contributed by atoms with van der Waals surface area (Å²) in [7, 11) is 23.2. The fraction of sp³-hybridized carbons (Fsp3) is 0. The van der Waals surface area contributed by atoms with Crippen LogP contribution in [0.5, 0.6) is 0 Å². The minimum absolute atomic E-state index is 0.0999. The van der Waals surface area contributed by atoms with Crippen LogP contribution in [-0.2, 0) is 0 Å². The summed E-state index contributed by atoms with van der Waals surface area (Å²) in [5.74, 6) is 0. The van der Waals surface area contributed by atoms with E-state index in [9.17, 15) is 10.1 Å². The van der Waals surface area contributed by atoms with Gasteiger partial charge in [0.1, 0.15) is 0 Å². The maximum atomic E-state index is 10.4. The van der Waals surface area contributed by atoms with Crippen LogP contribution in [0.2, 0.25) is 0 Å². The molecule has 0 heterocycles. The van der Waals surface area contributed by atoms with Gasteiger partial charge in [0.25, 0.3) is 0 Å². The molecule has 0 amide bonds. The summed E-state index contributed by atoms with van der Waals surface area (Å²) in [6, 6.07) is 4.86. The quantitative estimate of drug-likeness (QED) is 0.414. The molecule has 0 aliphatic carbocycles. The van der Waals surface area contributed by atoms with Crippen LogP contribution in [-0.4, -0.2) is 15.2 Å². The van der Waals surface area contributed by atoms with Gasteiger partial charge in [0, 0.05) is 0 Å². The van der Waals surface area contributed by atoms with E-state index in [2.05, 4.69) is 0 Å². The third-order valence-electron chi connectivity index (χ3n) is 1.55. The molecule has 0 radical (unpaired) electrons. The van der Waals surface area contributed by atoms with Crippen molar-refractivity contribution in [1.82, 2.24) is 0 Å². The number of non-ortho nitro benzene ring substituents is 1. The second kappa shape index (κ2) is 3.44. The van der Waals surface area contributed by atoms with Gasteiger partial charge in [-0.25, -0.2) is 0 Å². The molecule has 0 spiro atoms. The van der Waals surface area contributed by atoms with Gasteiger partial charge in [-0.3, -0.25) is 0 Å². The van der Waals surface area contributed by atoms with Crippen LogP contribution < -0.4 is 3.51 Å². The Labute approximate surface area is 102 Å². The predicted octanol–water partition coefficient (Wildman–Crippen LogP) is 3.84. The molecule has 0 saturated carbocycles. The van der Waals surface area contributed by atoms with Gasteiger partial charge in [-0.1, -0.05) is 0 Å². The van der Waals surface area contributed by atoms with Gasteiger partial charge in [0.15, 0.2) is 0 Å². The molecule has 0 atom stereocenters. The monoisotopic (exact) mass is 418 g/mol. The molecule has 15 heavy (non-hydrogen) atoms. The Morgan fingerprint density at radius 1 is 1.00 bits per heavy atom. The Hall–Kier alpha value is 0.888. The van der Waals surface area contributed by atoms with Gasteiger partial charge in [0.05, 0.1) is 0 Å². The second-order valence-corrected chi connectivity index (χ2v) is 50.3. The molecule has 0 fully saturated rings. The molecule has 9 heteroatoms. The molecule has 0 aromatic heterocycles. The molecule has 86 valence electrons. The van der Waals surface area contributed by atoms with Crippen LogP contribution in [0.4, 0.5) is 5.69 Å². The summed E-state index contributed by atoms with van der Waals surface area (Å²) < 4.78 is 0.0999. The molecule has 1 rings (SSSR count). The van der Waals surface area contributed by atoms with Crippen LogP contribution in [0.25, 0.3) is 0 Å². The summed E-state index contributed by atoms with van der Waals surface area (Å²) in [6.07, 6.45) is 0. The van der Waals surface area contributed by atoms with Gasteiger partial charge in [-0.2, -0.15) is 0 Å². The third-order valence-corrected chi connectivity index (χ3v) is 11.7. The van der Waals surface area contributed by atoms with Crippen molar-refractivity contribution < 1.29 is 4.92 Å². The first-order chi connectivity index (χ1) is 6.40. The number of hydrogen-bond acceptors (Lipinski definition) is 2. The molecule has 3 nitrogen and oxygen atoms in total. The molecular formula is C6H4Cl5NO2Sb-. The number of rotatable bonds is 2. The first-order valence-electron chi connectivity index (χ1n) is 3.48. The zero-order chi connectivity index (χ0) is 12.0. The molecule has 0 aliphatic rings. The van der Waals surface area contributed by atoms with E-state index in [1.807, 2.05) is 0 Å². The molecule has 0 bridgehead atoms. The molecule has 0 N–H and O–H groups in total. The van der Waals surface area contributed by atoms with Crippen LogP contribution in [0.1, 0.15) is 0 Å². The summed E-state index contributed by atoms with van der Waals surface area (Å²) in [4.78, 5) is 9.81.